The van der Waals surface area contributed by atoms with Gasteiger partial charge in [0.1, 0.15) is 0 Å². The molecule has 0 N–H and O–H groups in total. The molecule has 0 aliphatic rings. The fraction of sp³-hybridized carbons (Fsp3) is 0. The van der Waals surface area contributed by atoms with Crippen LogP contribution >= 0.6 is 0 Å². The summed E-state index contributed by atoms with van der Waals surface area (Å²) in [5.74, 6) is 3.50. The molecule has 9 aromatic carbocycles. The Morgan fingerprint density at radius 3 is 1.22 bits per heavy atom. The zero-order valence-electron chi connectivity index (χ0n) is 36.5. The van der Waals surface area contributed by atoms with E-state index in [9.17, 15) is 0 Å². The molecule has 0 fully saturated rings. The lowest BCUT2D eigenvalue weighted by molar-refractivity contribution is 0.953. The van der Waals surface area contributed by atoms with Gasteiger partial charge in [-0.15, -0.1) is 0 Å². The predicted octanol–water partition coefficient (Wildman–Crippen LogP) is 14.3. The normalized spacial score (nSPS) is 11.5. The molecular formula is C60H38N8. The molecule has 68 heavy (non-hydrogen) atoms. The summed E-state index contributed by atoms with van der Waals surface area (Å²) >= 11 is 0. The zero-order chi connectivity index (χ0) is 45.0. The Labute approximate surface area is 391 Å². The average molecular weight is 871 g/mol. The Balaban J connectivity index is 1.09. The number of nitrogens with zero attached hydrogens (tertiary/aromatic N) is 8. The third-order valence-electron chi connectivity index (χ3n) is 12.6. The van der Waals surface area contributed by atoms with E-state index in [1.54, 1.807) is 0 Å². The quantitative estimate of drug-likeness (QED) is 0.151. The minimum absolute atomic E-state index is 0.521. The smallest absolute Gasteiger partial charge is 0.238 e. The predicted molar refractivity (Wildman–Crippen MR) is 275 cm³/mol. The molecule has 8 heteroatoms. The van der Waals surface area contributed by atoms with Gasteiger partial charge in [0.2, 0.25) is 5.95 Å². The number of hydrogen-bond donors (Lipinski definition) is 0. The molecule has 0 saturated carbocycles. The molecule has 0 aliphatic carbocycles. The summed E-state index contributed by atoms with van der Waals surface area (Å²) in [6.45, 7) is 0. The first-order valence-corrected chi connectivity index (χ1v) is 22.6. The molecule has 318 valence electrons. The van der Waals surface area contributed by atoms with Crippen LogP contribution in [0.15, 0.2) is 231 Å². The molecular weight excluding hydrogens is 833 g/mol. The number of rotatable bonds is 8. The summed E-state index contributed by atoms with van der Waals surface area (Å²) in [6.07, 6.45) is 0. The van der Waals surface area contributed by atoms with Crippen molar-refractivity contribution in [3.63, 3.8) is 0 Å². The monoisotopic (exact) mass is 870 g/mol. The molecule has 13 rings (SSSR count). The maximum Gasteiger partial charge on any atom is 0.238 e. The molecule has 0 bridgehead atoms. The van der Waals surface area contributed by atoms with Crippen LogP contribution in [0.1, 0.15) is 0 Å². The summed E-state index contributed by atoms with van der Waals surface area (Å²) in [6, 6.07) is 79.3. The maximum absolute atomic E-state index is 5.45. The molecule has 4 aromatic heterocycles. The lowest BCUT2D eigenvalue weighted by atomic mass is 9.99. The maximum atomic E-state index is 5.45. The Kier molecular flexibility index (Phi) is 9.31. The van der Waals surface area contributed by atoms with Gasteiger partial charge in [0, 0.05) is 55.0 Å². The van der Waals surface area contributed by atoms with Gasteiger partial charge >= 0.3 is 0 Å². The van der Waals surface area contributed by atoms with E-state index >= 15 is 0 Å². The van der Waals surface area contributed by atoms with Gasteiger partial charge in [0.15, 0.2) is 29.1 Å². The van der Waals surface area contributed by atoms with E-state index in [0.717, 1.165) is 88.2 Å². The topological polar surface area (TPSA) is 87.2 Å². The van der Waals surface area contributed by atoms with Crippen LogP contribution in [-0.4, -0.2) is 39.0 Å². The fourth-order valence-electron chi connectivity index (χ4n) is 9.55. The van der Waals surface area contributed by atoms with Crippen molar-refractivity contribution in [2.75, 3.05) is 0 Å². The van der Waals surface area contributed by atoms with E-state index in [0.29, 0.717) is 35.1 Å². The number of hydrogen-bond acceptors (Lipinski definition) is 6. The highest BCUT2D eigenvalue weighted by atomic mass is 15.2. The Morgan fingerprint density at radius 1 is 0.250 bits per heavy atom. The second kappa shape index (κ2) is 16.2. The third-order valence-corrected chi connectivity index (χ3v) is 12.6. The van der Waals surface area contributed by atoms with Crippen molar-refractivity contribution in [3.8, 4) is 79.7 Å². The summed E-state index contributed by atoms with van der Waals surface area (Å²) in [7, 11) is 0. The lowest BCUT2D eigenvalue weighted by Gasteiger charge is -2.15. The first-order chi connectivity index (χ1) is 33.7. The minimum atomic E-state index is 0.521. The average Bonchev–Trinajstić information content (AvgIpc) is 3.95. The second-order valence-corrected chi connectivity index (χ2v) is 16.7. The van der Waals surface area contributed by atoms with Gasteiger partial charge in [-0.2, -0.15) is 9.97 Å². The summed E-state index contributed by atoms with van der Waals surface area (Å²) in [4.78, 5) is 31.2. The van der Waals surface area contributed by atoms with Crippen molar-refractivity contribution in [1.82, 2.24) is 39.0 Å². The van der Waals surface area contributed by atoms with Gasteiger partial charge in [-0.25, -0.2) is 19.9 Å². The molecule has 0 unspecified atom stereocenters. The highest BCUT2D eigenvalue weighted by Crippen LogP contribution is 2.42. The zero-order valence-corrected chi connectivity index (χ0v) is 36.5. The van der Waals surface area contributed by atoms with Crippen molar-refractivity contribution >= 4 is 43.6 Å². The van der Waals surface area contributed by atoms with Gasteiger partial charge < -0.3 is 4.57 Å². The van der Waals surface area contributed by atoms with Gasteiger partial charge in [-0.05, 0) is 35.4 Å². The molecule has 0 aliphatic heterocycles. The van der Waals surface area contributed by atoms with Crippen LogP contribution in [0.2, 0.25) is 0 Å². The van der Waals surface area contributed by atoms with Crippen molar-refractivity contribution in [3.05, 3.63) is 231 Å². The number of benzene rings is 9. The molecule has 13 aromatic rings. The molecule has 4 heterocycles. The van der Waals surface area contributed by atoms with Gasteiger partial charge in [-0.3, -0.25) is 4.57 Å². The first-order valence-electron chi connectivity index (χ1n) is 22.6. The highest BCUT2D eigenvalue weighted by molar-refractivity contribution is 6.23. The summed E-state index contributed by atoms with van der Waals surface area (Å²) in [5, 5.41) is 4.41. The Morgan fingerprint density at radius 2 is 0.647 bits per heavy atom. The molecule has 0 atom stereocenters. The minimum Gasteiger partial charge on any atom is -0.307 e. The van der Waals surface area contributed by atoms with Crippen molar-refractivity contribution in [2.24, 2.45) is 0 Å². The van der Waals surface area contributed by atoms with Crippen LogP contribution in [0.25, 0.3) is 123 Å². The van der Waals surface area contributed by atoms with Crippen molar-refractivity contribution in [2.45, 2.75) is 0 Å². The molecule has 8 nitrogen and oxygen atoms in total. The Hall–Kier alpha value is -9.40. The Bertz CT molecular complexity index is 3960. The van der Waals surface area contributed by atoms with Crippen LogP contribution < -0.4 is 0 Å². The molecule has 0 saturated heterocycles. The van der Waals surface area contributed by atoms with Crippen molar-refractivity contribution in [1.29, 1.82) is 0 Å². The van der Waals surface area contributed by atoms with Gasteiger partial charge in [-0.1, -0.05) is 206 Å². The molecule has 0 spiro atoms. The van der Waals surface area contributed by atoms with Crippen LogP contribution in [0.4, 0.5) is 0 Å². The van der Waals surface area contributed by atoms with Crippen LogP contribution in [-0.2, 0) is 0 Å². The van der Waals surface area contributed by atoms with E-state index in [2.05, 4.69) is 149 Å². The van der Waals surface area contributed by atoms with Crippen LogP contribution in [0.3, 0.4) is 0 Å². The first kappa shape index (κ1) is 39.0. The molecule has 0 radical (unpaired) electrons. The van der Waals surface area contributed by atoms with Crippen LogP contribution in [0, 0.1) is 0 Å². The standard InChI is InChI=1S/C60H38N8/c1-5-20-39(21-6-1)45-30-13-14-33-50(45)59-64-57(42-26-11-4-12-27-42)65-60(66-59)68-52-35-18-16-32-47(52)49-37-36-48-46-31-15-17-34-51(46)67(53(48)54(49)68)44-29-19-28-43(38-44)58-62-55(40-22-7-2-8-23-40)61-56(63-58)41-24-9-3-10-25-41/h1-38H. The van der Waals surface area contributed by atoms with E-state index in [1.807, 2.05) is 91.0 Å². The van der Waals surface area contributed by atoms with E-state index in [1.165, 1.54) is 0 Å². The SMILES string of the molecule is c1ccc(-c2nc(-c3ccccc3)nc(-c3cccc(-n4c5ccccc5c5ccc6c7ccccc7n(-c7nc(-c8ccccc8)nc(-c8ccccc8-c8ccccc8)n7)c6c54)c3)n2)cc1. The largest absolute Gasteiger partial charge is 0.307 e. The van der Waals surface area contributed by atoms with Gasteiger partial charge in [0.25, 0.3) is 0 Å². The third kappa shape index (κ3) is 6.62. The summed E-state index contributed by atoms with van der Waals surface area (Å²) < 4.78 is 4.60. The summed E-state index contributed by atoms with van der Waals surface area (Å²) in [5.41, 5.74) is 11.7. The lowest BCUT2D eigenvalue weighted by Crippen LogP contribution is -2.07. The number of fused-ring (bicyclic) bond motifs is 7. The van der Waals surface area contributed by atoms with Gasteiger partial charge in [0.05, 0.1) is 22.1 Å². The molecule has 0 amide bonds. The van der Waals surface area contributed by atoms with E-state index < -0.39 is 0 Å². The number of para-hydroxylation sites is 2. The van der Waals surface area contributed by atoms with Crippen LogP contribution in [0.5, 0.6) is 0 Å². The van der Waals surface area contributed by atoms with E-state index in [4.69, 9.17) is 29.9 Å². The fourth-order valence-corrected chi connectivity index (χ4v) is 9.55. The van der Waals surface area contributed by atoms with Crippen molar-refractivity contribution < 1.29 is 0 Å². The highest BCUT2D eigenvalue weighted by Gasteiger charge is 2.24. The second-order valence-electron chi connectivity index (χ2n) is 16.7. The van der Waals surface area contributed by atoms with E-state index in [-0.39, 0.29) is 0 Å². The number of aromatic nitrogens is 8.